The molecule has 0 bridgehead atoms. The minimum atomic E-state index is -4.71. The number of benzene rings is 2. The lowest BCUT2D eigenvalue weighted by molar-refractivity contribution is -0.189. The van der Waals surface area contributed by atoms with Crippen LogP contribution in [-0.2, 0) is 26.1 Å². The first-order chi connectivity index (χ1) is 17.6. The summed E-state index contributed by atoms with van der Waals surface area (Å²) in [6.07, 6.45) is -5.11. The van der Waals surface area contributed by atoms with E-state index in [9.17, 15) is 39.2 Å². The Balaban J connectivity index is 1.56. The summed E-state index contributed by atoms with van der Waals surface area (Å²) in [5.74, 6) is -1.87. The van der Waals surface area contributed by atoms with Crippen molar-refractivity contribution >= 4 is 31.3 Å². The van der Waals surface area contributed by atoms with Crippen LogP contribution >= 0.6 is 0 Å². The van der Waals surface area contributed by atoms with Crippen LogP contribution in [0.5, 0.6) is 5.75 Å². The molecule has 1 saturated heterocycles. The Morgan fingerprint density at radius 3 is 2.34 bits per heavy atom. The van der Waals surface area contributed by atoms with Crippen molar-refractivity contribution in [3.8, 4) is 5.75 Å². The molecule has 2 aromatic rings. The number of rotatable bonds is 5. The maximum Gasteiger partial charge on any atom is 0.425 e. The van der Waals surface area contributed by atoms with Gasteiger partial charge in [0, 0.05) is 32.4 Å². The number of hydrogen-bond donors (Lipinski definition) is 0. The van der Waals surface area contributed by atoms with E-state index in [1.54, 1.807) is 4.90 Å². The maximum absolute atomic E-state index is 14.9. The van der Waals surface area contributed by atoms with Crippen LogP contribution in [0.15, 0.2) is 40.1 Å². The van der Waals surface area contributed by atoms with Gasteiger partial charge in [-0.3, -0.25) is 4.79 Å². The lowest BCUT2D eigenvalue weighted by Crippen LogP contribution is -2.49. The summed E-state index contributed by atoms with van der Waals surface area (Å²) in [5.41, 5.74) is 0.405. The average molecular weight is 579 g/mol. The third kappa shape index (κ3) is 5.75. The lowest BCUT2D eigenvalue weighted by Gasteiger charge is -2.37. The number of alkyl halides is 3. The Morgan fingerprint density at radius 2 is 1.74 bits per heavy atom. The second-order valence-electron chi connectivity index (χ2n) is 9.34. The predicted molar refractivity (Wildman–Crippen MR) is 131 cm³/mol. The fraction of sp³-hybridized carbons (Fsp3) is 0.458. The number of ether oxygens (including phenoxy) is 1. The molecule has 0 saturated carbocycles. The number of anilines is 1. The topological polar surface area (TPSA) is 101 Å². The summed E-state index contributed by atoms with van der Waals surface area (Å²) in [6.45, 7) is 1.22. The van der Waals surface area contributed by atoms with E-state index < -0.39 is 49.4 Å². The normalized spacial score (nSPS) is 18.6. The molecule has 0 N–H and O–H groups in total. The van der Waals surface area contributed by atoms with E-state index in [0.29, 0.717) is 18.4 Å². The zero-order chi connectivity index (χ0) is 28.0. The number of halogens is 4. The largest absolute Gasteiger partial charge is 0.480 e. The quantitative estimate of drug-likeness (QED) is 0.502. The van der Waals surface area contributed by atoms with Gasteiger partial charge in [0.2, 0.25) is 0 Å². The molecule has 4 rings (SSSR count). The molecule has 0 radical (unpaired) electrons. The van der Waals surface area contributed by atoms with E-state index in [2.05, 4.69) is 0 Å². The van der Waals surface area contributed by atoms with E-state index in [4.69, 9.17) is 4.74 Å². The molecule has 0 aliphatic carbocycles. The standard InChI is InChI=1S/C24H26F4N2O6S2/c1-15(24(26,27)28)36-21-6-5-17(37(2,32)33)13-18(21)23(31)30-9-7-29(8-10-30)20-12-16-4-3-11-38(34,35)22(16)14-19(20)25/h5-6,12-15H,3-4,7-11H2,1-2H3/t15-/m0/s1. The molecule has 0 spiro atoms. The van der Waals surface area contributed by atoms with Crippen molar-refractivity contribution in [1.82, 2.24) is 4.90 Å². The van der Waals surface area contributed by atoms with Gasteiger partial charge in [0.25, 0.3) is 5.91 Å². The van der Waals surface area contributed by atoms with E-state index in [-0.39, 0.29) is 53.0 Å². The maximum atomic E-state index is 14.9. The Bertz CT molecular complexity index is 1470. The van der Waals surface area contributed by atoms with Crippen molar-refractivity contribution in [3.63, 3.8) is 0 Å². The Kier molecular flexibility index (Phi) is 7.43. The van der Waals surface area contributed by atoms with E-state index in [0.717, 1.165) is 37.4 Å². The van der Waals surface area contributed by atoms with Crippen molar-refractivity contribution in [3.05, 3.63) is 47.3 Å². The van der Waals surface area contributed by atoms with Crippen LogP contribution in [0, 0.1) is 5.82 Å². The lowest BCUT2D eigenvalue weighted by atomic mass is 10.1. The van der Waals surface area contributed by atoms with Gasteiger partial charge in [0.05, 0.1) is 26.8 Å². The van der Waals surface area contributed by atoms with Crippen molar-refractivity contribution in [1.29, 1.82) is 0 Å². The zero-order valence-electron chi connectivity index (χ0n) is 20.6. The second-order valence-corrected chi connectivity index (χ2v) is 13.4. The van der Waals surface area contributed by atoms with Crippen molar-refractivity contribution < 1.29 is 43.9 Å². The minimum absolute atomic E-state index is 0.00909. The van der Waals surface area contributed by atoms with Crippen LogP contribution < -0.4 is 9.64 Å². The van der Waals surface area contributed by atoms with Crippen molar-refractivity contribution in [2.45, 2.75) is 41.8 Å². The molecule has 0 aromatic heterocycles. The van der Waals surface area contributed by atoms with Gasteiger partial charge in [-0.1, -0.05) is 0 Å². The fourth-order valence-electron chi connectivity index (χ4n) is 4.46. The van der Waals surface area contributed by atoms with Gasteiger partial charge in [0.15, 0.2) is 25.8 Å². The number of hydrogen-bond acceptors (Lipinski definition) is 7. The van der Waals surface area contributed by atoms with Gasteiger partial charge in [-0.15, -0.1) is 0 Å². The monoisotopic (exact) mass is 578 g/mol. The summed E-state index contributed by atoms with van der Waals surface area (Å²) in [5, 5.41) is 0. The highest BCUT2D eigenvalue weighted by atomic mass is 32.2. The van der Waals surface area contributed by atoms with Crippen LogP contribution in [-0.4, -0.2) is 78.1 Å². The van der Waals surface area contributed by atoms with Gasteiger partial charge in [0.1, 0.15) is 11.6 Å². The number of carbonyl (C=O) groups is 1. The van der Waals surface area contributed by atoms with Crippen molar-refractivity contribution in [2.75, 3.05) is 43.1 Å². The first-order valence-corrected chi connectivity index (χ1v) is 15.3. The third-order valence-electron chi connectivity index (χ3n) is 6.61. The number of fused-ring (bicyclic) bond motifs is 1. The highest BCUT2D eigenvalue weighted by Gasteiger charge is 2.39. The molecule has 1 amide bonds. The molecule has 1 fully saturated rings. The number of carbonyl (C=O) groups excluding carboxylic acids is 1. The SMILES string of the molecule is C[C@H](Oc1ccc(S(C)(=O)=O)cc1C(=O)N1CCN(c2cc3c(cc2F)S(=O)(=O)CCC3)CC1)C(F)(F)F. The number of piperazine rings is 1. The summed E-state index contributed by atoms with van der Waals surface area (Å²) in [6, 6.07) is 5.63. The summed E-state index contributed by atoms with van der Waals surface area (Å²) < 4.78 is 108. The molecular formula is C24H26F4N2O6S2. The highest BCUT2D eigenvalue weighted by molar-refractivity contribution is 7.91. The molecule has 2 aliphatic rings. The molecule has 208 valence electrons. The molecule has 2 aromatic carbocycles. The van der Waals surface area contributed by atoms with Gasteiger partial charge >= 0.3 is 6.18 Å². The Hall–Kier alpha value is -2.87. The number of aryl methyl sites for hydroxylation is 1. The molecule has 8 nitrogen and oxygen atoms in total. The highest BCUT2D eigenvalue weighted by Crippen LogP contribution is 2.33. The zero-order valence-corrected chi connectivity index (χ0v) is 22.2. The van der Waals surface area contributed by atoms with Crippen LogP contribution in [0.1, 0.15) is 29.3 Å². The van der Waals surface area contributed by atoms with Crippen LogP contribution in [0.4, 0.5) is 23.2 Å². The fourth-order valence-corrected chi connectivity index (χ4v) is 6.70. The van der Waals surface area contributed by atoms with Gasteiger partial charge in [-0.2, -0.15) is 13.2 Å². The van der Waals surface area contributed by atoms with E-state index in [1.807, 2.05) is 0 Å². The number of nitrogens with zero attached hydrogens (tertiary/aromatic N) is 2. The number of sulfone groups is 2. The van der Waals surface area contributed by atoms with Crippen LogP contribution in [0.2, 0.25) is 0 Å². The van der Waals surface area contributed by atoms with E-state index >= 15 is 0 Å². The molecular weight excluding hydrogens is 552 g/mol. The summed E-state index contributed by atoms with van der Waals surface area (Å²) in [7, 11) is -7.31. The molecule has 2 heterocycles. The third-order valence-corrected chi connectivity index (χ3v) is 9.59. The predicted octanol–water partition coefficient (Wildman–Crippen LogP) is 3.24. The molecule has 1 atom stereocenters. The molecule has 2 aliphatic heterocycles. The molecule has 14 heteroatoms. The first kappa shape index (κ1) is 28.1. The van der Waals surface area contributed by atoms with Gasteiger partial charge < -0.3 is 14.5 Å². The Labute approximate surface area is 218 Å². The summed E-state index contributed by atoms with van der Waals surface area (Å²) in [4.78, 5) is 16.0. The smallest absolute Gasteiger partial charge is 0.425 e. The summed E-state index contributed by atoms with van der Waals surface area (Å²) >= 11 is 0. The van der Waals surface area contributed by atoms with Gasteiger partial charge in [-0.05, 0) is 55.7 Å². The number of amides is 1. The van der Waals surface area contributed by atoms with Gasteiger partial charge in [-0.25, -0.2) is 21.2 Å². The second kappa shape index (κ2) is 10.0. The van der Waals surface area contributed by atoms with E-state index in [1.165, 1.54) is 11.0 Å². The molecule has 38 heavy (non-hydrogen) atoms. The molecule has 0 unspecified atom stereocenters. The average Bonchev–Trinajstić information content (AvgIpc) is 2.83. The van der Waals surface area contributed by atoms with Crippen LogP contribution in [0.25, 0.3) is 0 Å². The first-order valence-electron chi connectivity index (χ1n) is 11.7. The minimum Gasteiger partial charge on any atom is -0.480 e. The van der Waals surface area contributed by atoms with Crippen molar-refractivity contribution in [2.24, 2.45) is 0 Å². The Morgan fingerprint density at radius 1 is 1.08 bits per heavy atom. The van der Waals surface area contributed by atoms with Crippen LogP contribution in [0.3, 0.4) is 0 Å².